The summed E-state index contributed by atoms with van der Waals surface area (Å²) in [6.45, 7) is 1.48. The molecule has 0 aliphatic heterocycles. The predicted molar refractivity (Wildman–Crippen MR) is 51.4 cm³/mol. The smallest absolute Gasteiger partial charge is 0.214 e. The molecule has 0 aromatic rings. The van der Waals surface area contributed by atoms with Crippen LogP contribution in [0, 0.1) is 0 Å². The molecule has 7 heteroatoms. The summed E-state index contributed by atoms with van der Waals surface area (Å²) in [6.07, 6.45) is 0. The van der Waals surface area contributed by atoms with E-state index in [9.17, 15) is 8.42 Å². The number of nitrogens with one attached hydrogen (secondary N) is 1. The lowest BCUT2D eigenvalue weighted by Gasteiger charge is -2.13. The summed E-state index contributed by atoms with van der Waals surface area (Å²) in [7, 11) is -3.47. The van der Waals surface area contributed by atoms with Crippen LogP contribution in [0.25, 0.3) is 0 Å². The topological polar surface area (TPSA) is 95.9 Å². The van der Waals surface area contributed by atoms with E-state index >= 15 is 0 Å². The first-order chi connectivity index (χ1) is 6.55. The van der Waals surface area contributed by atoms with E-state index in [1.165, 1.54) is 0 Å². The third kappa shape index (κ3) is 6.28. The van der Waals surface area contributed by atoms with Gasteiger partial charge in [0.2, 0.25) is 10.0 Å². The molecule has 0 aromatic heterocycles. The Kier molecular flexibility index (Phi) is 7.02. The average Bonchev–Trinajstić information content (AvgIpc) is 2.14. The quantitative estimate of drug-likeness (QED) is 0.429. The number of rotatable bonds is 8. The van der Waals surface area contributed by atoms with E-state index in [4.69, 9.17) is 14.9 Å². The van der Waals surface area contributed by atoms with Crippen LogP contribution < -0.4 is 4.72 Å². The summed E-state index contributed by atoms with van der Waals surface area (Å²) in [4.78, 5) is 0. The molecule has 0 radical (unpaired) electrons. The van der Waals surface area contributed by atoms with Crippen molar-refractivity contribution in [2.24, 2.45) is 0 Å². The molecular weight excluding hydrogens is 210 g/mol. The third-order valence-corrected chi connectivity index (χ3v) is 2.88. The van der Waals surface area contributed by atoms with Gasteiger partial charge in [-0.05, 0) is 6.92 Å². The Morgan fingerprint density at radius 3 is 2.36 bits per heavy atom. The van der Waals surface area contributed by atoms with Crippen LogP contribution in [0.1, 0.15) is 6.92 Å². The highest BCUT2D eigenvalue weighted by Gasteiger charge is 2.15. The molecule has 14 heavy (non-hydrogen) atoms. The number of hydrogen-bond donors (Lipinski definition) is 3. The number of hydrogen-bond acceptors (Lipinski definition) is 5. The number of aliphatic hydroxyl groups excluding tert-OH is 2. The molecule has 0 spiro atoms. The summed E-state index contributed by atoms with van der Waals surface area (Å²) in [5, 5.41) is 17.3. The SMILES string of the molecule is CCOCCS(=O)(=O)NC(CO)CO. The molecule has 0 heterocycles. The maximum atomic E-state index is 11.2. The minimum absolute atomic E-state index is 0.107. The van der Waals surface area contributed by atoms with Crippen LogP contribution in [0.15, 0.2) is 0 Å². The van der Waals surface area contributed by atoms with Gasteiger partial charge in [0.1, 0.15) is 0 Å². The maximum absolute atomic E-state index is 11.2. The summed E-state index contributed by atoms with van der Waals surface area (Å²) in [5.74, 6) is -0.169. The maximum Gasteiger partial charge on any atom is 0.214 e. The first kappa shape index (κ1) is 13.8. The van der Waals surface area contributed by atoms with Crippen molar-refractivity contribution in [2.45, 2.75) is 13.0 Å². The molecule has 6 nitrogen and oxygen atoms in total. The van der Waals surface area contributed by atoms with E-state index in [0.29, 0.717) is 6.61 Å². The summed E-state index contributed by atoms with van der Waals surface area (Å²) in [6, 6.07) is -0.832. The van der Waals surface area contributed by atoms with Crippen LogP contribution in [-0.2, 0) is 14.8 Å². The number of ether oxygens (including phenoxy) is 1. The fourth-order valence-electron chi connectivity index (χ4n) is 0.758. The molecular formula is C7H17NO5S. The van der Waals surface area contributed by atoms with E-state index < -0.39 is 29.3 Å². The molecule has 0 aliphatic rings. The van der Waals surface area contributed by atoms with Gasteiger partial charge in [0.25, 0.3) is 0 Å². The average molecular weight is 227 g/mol. The van der Waals surface area contributed by atoms with E-state index in [1.54, 1.807) is 6.92 Å². The zero-order valence-corrected chi connectivity index (χ0v) is 8.96. The van der Waals surface area contributed by atoms with Crippen molar-refractivity contribution in [2.75, 3.05) is 32.2 Å². The summed E-state index contributed by atoms with van der Waals surface area (Å²) in [5.41, 5.74) is 0. The number of aliphatic hydroxyl groups is 2. The van der Waals surface area contributed by atoms with Crippen molar-refractivity contribution < 1.29 is 23.4 Å². The Morgan fingerprint density at radius 2 is 1.93 bits per heavy atom. The molecule has 0 rings (SSSR count). The molecule has 3 N–H and O–H groups in total. The van der Waals surface area contributed by atoms with Gasteiger partial charge >= 0.3 is 0 Å². The predicted octanol–water partition coefficient (Wildman–Crippen LogP) is -1.70. The van der Waals surface area contributed by atoms with Gasteiger partial charge in [-0.15, -0.1) is 0 Å². The highest BCUT2D eigenvalue weighted by Crippen LogP contribution is 1.90. The Balaban J connectivity index is 3.93. The van der Waals surface area contributed by atoms with Crippen molar-refractivity contribution in [3.05, 3.63) is 0 Å². The van der Waals surface area contributed by atoms with Gasteiger partial charge in [0, 0.05) is 6.61 Å². The van der Waals surface area contributed by atoms with Crippen molar-refractivity contribution in [3.8, 4) is 0 Å². The third-order valence-electron chi connectivity index (χ3n) is 1.49. The molecule has 86 valence electrons. The Morgan fingerprint density at radius 1 is 1.36 bits per heavy atom. The highest BCUT2D eigenvalue weighted by molar-refractivity contribution is 7.89. The van der Waals surface area contributed by atoms with Crippen molar-refractivity contribution >= 4 is 10.0 Å². The first-order valence-corrected chi connectivity index (χ1v) is 6.00. The lowest BCUT2D eigenvalue weighted by molar-refractivity contribution is 0.162. The molecule has 0 aromatic carbocycles. The van der Waals surface area contributed by atoms with Crippen molar-refractivity contribution in [1.82, 2.24) is 4.72 Å². The van der Waals surface area contributed by atoms with E-state index in [1.807, 2.05) is 0 Å². The molecule has 0 fully saturated rings. The zero-order valence-electron chi connectivity index (χ0n) is 8.14. The van der Waals surface area contributed by atoms with E-state index in [2.05, 4.69) is 4.72 Å². The van der Waals surface area contributed by atoms with Gasteiger partial charge in [-0.3, -0.25) is 0 Å². The fourth-order valence-corrected chi connectivity index (χ4v) is 1.87. The lowest BCUT2D eigenvalue weighted by atomic mass is 10.4. The van der Waals surface area contributed by atoms with E-state index in [-0.39, 0.29) is 12.4 Å². The van der Waals surface area contributed by atoms with Crippen LogP contribution in [0.3, 0.4) is 0 Å². The standard InChI is InChI=1S/C7H17NO5S/c1-2-13-3-4-14(11,12)8-7(5-9)6-10/h7-10H,2-6H2,1H3. The van der Waals surface area contributed by atoms with Gasteiger partial charge in [-0.25, -0.2) is 13.1 Å². The molecule has 0 amide bonds. The molecule has 0 saturated heterocycles. The first-order valence-electron chi connectivity index (χ1n) is 4.35. The lowest BCUT2D eigenvalue weighted by Crippen LogP contribution is -2.41. The van der Waals surface area contributed by atoms with Crippen molar-refractivity contribution in [3.63, 3.8) is 0 Å². The second-order valence-electron chi connectivity index (χ2n) is 2.70. The summed E-state index contributed by atoms with van der Waals surface area (Å²) >= 11 is 0. The van der Waals surface area contributed by atoms with Crippen LogP contribution in [-0.4, -0.2) is 56.9 Å². The van der Waals surface area contributed by atoms with Crippen LogP contribution in [0.2, 0.25) is 0 Å². The largest absolute Gasteiger partial charge is 0.395 e. The van der Waals surface area contributed by atoms with Crippen LogP contribution >= 0.6 is 0 Å². The fraction of sp³-hybridized carbons (Fsp3) is 1.00. The second-order valence-corrected chi connectivity index (χ2v) is 4.57. The molecule has 0 unspecified atom stereocenters. The minimum Gasteiger partial charge on any atom is -0.395 e. The molecule has 0 atom stereocenters. The molecule has 0 saturated carbocycles. The van der Waals surface area contributed by atoms with Gasteiger partial charge < -0.3 is 14.9 Å². The number of sulfonamides is 1. The van der Waals surface area contributed by atoms with E-state index in [0.717, 1.165) is 0 Å². The highest BCUT2D eigenvalue weighted by atomic mass is 32.2. The van der Waals surface area contributed by atoms with Gasteiger partial charge in [-0.1, -0.05) is 0 Å². The van der Waals surface area contributed by atoms with Crippen LogP contribution in [0.4, 0.5) is 0 Å². The van der Waals surface area contributed by atoms with Crippen LogP contribution in [0.5, 0.6) is 0 Å². The van der Waals surface area contributed by atoms with Crippen molar-refractivity contribution in [1.29, 1.82) is 0 Å². The Bertz CT molecular complexity index is 224. The second kappa shape index (κ2) is 7.13. The van der Waals surface area contributed by atoms with Gasteiger partial charge in [0.15, 0.2) is 0 Å². The molecule has 0 bridgehead atoms. The summed E-state index contributed by atoms with van der Waals surface area (Å²) < 4.78 is 29.5. The normalized spacial score (nSPS) is 12.3. The Labute approximate surface area is 83.9 Å². The Hall–Kier alpha value is -0.210. The monoisotopic (exact) mass is 227 g/mol. The minimum atomic E-state index is -3.47. The molecule has 0 aliphatic carbocycles. The van der Waals surface area contributed by atoms with Gasteiger partial charge in [0.05, 0.1) is 31.6 Å². The van der Waals surface area contributed by atoms with Gasteiger partial charge in [-0.2, -0.15) is 0 Å². The zero-order chi connectivity index (χ0) is 11.0.